The van der Waals surface area contributed by atoms with E-state index in [2.05, 4.69) is 5.32 Å². The van der Waals surface area contributed by atoms with Crippen molar-refractivity contribution in [2.45, 2.75) is 38.3 Å². The minimum atomic E-state index is -1.05. The molecular weight excluding hydrogens is 432 g/mol. The van der Waals surface area contributed by atoms with E-state index in [0.717, 1.165) is 5.56 Å². The maximum Gasteiger partial charge on any atom is 0.329 e. The Hall–Kier alpha value is -4.13. The van der Waals surface area contributed by atoms with Crippen LogP contribution in [0.2, 0.25) is 0 Å². The molecule has 0 saturated carbocycles. The molecule has 1 atom stereocenters. The molecule has 3 aromatic carbocycles. The van der Waals surface area contributed by atoms with E-state index in [9.17, 15) is 14.4 Å². The molecule has 0 saturated heterocycles. The van der Waals surface area contributed by atoms with Crippen LogP contribution in [0.25, 0.3) is 0 Å². The molecular formula is C27H28N2O5. The molecule has 3 N–H and O–H groups in total. The van der Waals surface area contributed by atoms with Crippen LogP contribution in [0.5, 0.6) is 11.5 Å². The van der Waals surface area contributed by atoms with Gasteiger partial charge in [0.1, 0.15) is 23.1 Å². The van der Waals surface area contributed by atoms with Crippen LogP contribution in [0.1, 0.15) is 42.6 Å². The van der Waals surface area contributed by atoms with Crippen molar-refractivity contribution in [2.75, 3.05) is 0 Å². The molecule has 7 nitrogen and oxygen atoms in total. The van der Waals surface area contributed by atoms with Gasteiger partial charge in [0.25, 0.3) is 5.91 Å². The van der Waals surface area contributed by atoms with Crippen LogP contribution in [0.4, 0.5) is 0 Å². The van der Waals surface area contributed by atoms with Crippen molar-refractivity contribution in [3.05, 3.63) is 96.1 Å². The number of hydrogen-bond acceptors (Lipinski definition) is 5. The van der Waals surface area contributed by atoms with Gasteiger partial charge in [-0.2, -0.15) is 0 Å². The highest BCUT2D eigenvalue weighted by Gasteiger charge is 2.31. The second-order valence-electron chi connectivity index (χ2n) is 8.27. The summed E-state index contributed by atoms with van der Waals surface area (Å²) in [6.07, 6.45) is -0.0616. The van der Waals surface area contributed by atoms with Crippen molar-refractivity contribution >= 4 is 17.8 Å². The summed E-state index contributed by atoms with van der Waals surface area (Å²) < 4.78 is 11.5. The Morgan fingerprint density at radius 3 is 2.15 bits per heavy atom. The number of nitrogens with two attached hydrogens (primary N) is 1. The van der Waals surface area contributed by atoms with E-state index in [1.165, 1.54) is 0 Å². The van der Waals surface area contributed by atoms with Gasteiger partial charge in [-0.3, -0.25) is 9.59 Å². The fourth-order valence-electron chi connectivity index (χ4n) is 3.32. The minimum Gasteiger partial charge on any atom is -0.457 e. The number of nitrogens with one attached hydrogen (secondary N) is 1. The van der Waals surface area contributed by atoms with E-state index < -0.39 is 29.4 Å². The molecule has 0 heterocycles. The number of hydrogen-bond donors (Lipinski definition) is 2. The first-order valence-electron chi connectivity index (χ1n) is 10.9. The lowest BCUT2D eigenvalue weighted by Crippen LogP contribution is -2.44. The van der Waals surface area contributed by atoms with Crippen molar-refractivity contribution in [3.8, 4) is 11.5 Å². The molecule has 0 aliphatic rings. The second kappa shape index (κ2) is 11.1. The van der Waals surface area contributed by atoms with Crippen LogP contribution in [0.15, 0.2) is 84.9 Å². The molecule has 3 rings (SSSR count). The number of carbonyl (C=O) groups is 3. The van der Waals surface area contributed by atoms with Gasteiger partial charge in [0.2, 0.25) is 5.91 Å². The third-order valence-corrected chi connectivity index (χ3v) is 5.17. The molecule has 0 aromatic heterocycles. The van der Waals surface area contributed by atoms with Crippen molar-refractivity contribution in [1.82, 2.24) is 5.32 Å². The first kappa shape index (κ1) is 24.5. The van der Waals surface area contributed by atoms with Gasteiger partial charge in [-0.15, -0.1) is 0 Å². The van der Waals surface area contributed by atoms with Crippen LogP contribution < -0.4 is 15.8 Å². The lowest BCUT2D eigenvalue weighted by molar-refractivity contribution is -0.160. The van der Waals surface area contributed by atoms with E-state index >= 15 is 0 Å². The summed E-state index contributed by atoms with van der Waals surface area (Å²) in [6.45, 7) is 3.52. The molecule has 0 aliphatic heterocycles. The van der Waals surface area contributed by atoms with Crippen molar-refractivity contribution in [2.24, 2.45) is 5.73 Å². The highest BCUT2D eigenvalue weighted by atomic mass is 16.6. The fourth-order valence-corrected chi connectivity index (χ4v) is 3.32. The third-order valence-electron chi connectivity index (χ3n) is 5.17. The first-order valence-corrected chi connectivity index (χ1v) is 10.9. The number of primary amides is 1. The van der Waals surface area contributed by atoms with Gasteiger partial charge in [-0.05, 0) is 56.2 Å². The third kappa shape index (κ3) is 6.93. The zero-order valence-electron chi connectivity index (χ0n) is 19.2. The first-order chi connectivity index (χ1) is 16.2. The van der Waals surface area contributed by atoms with Gasteiger partial charge in [0.05, 0.1) is 0 Å². The molecule has 34 heavy (non-hydrogen) atoms. The Labute approximate surface area is 198 Å². The lowest BCUT2D eigenvalue weighted by Gasteiger charge is -2.28. The number of rotatable bonds is 10. The molecule has 0 bridgehead atoms. The summed E-state index contributed by atoms with van der Waals surface area (Å²) >= 11 is 0. The topological polar surface area (TPSA) is 108 Å². The summed E-state index contributed by atoms with van der Waals surface area (Å²) in [7, 11) is 0. The summed E-state index contributed by atoms with van der Waals surface area (Å²) in [6, 6.07) is 24.0. The Bertz CT molecular complexity index is 1130. The predicted molar refractivity (Wildman–Crippen MR) is 128 cm³/mol. The monoisotopic (exact) mass is 460 g/mol. The van der Waals surface area contributed by atoms with E-state index in [-0.39, 0.29) is 12.8 Å². The summed E-state index contributed by atoms with van der Waals surface area (Å²) in [5.41, 5.74) is 5.44. The highest BCUT2D eigenvalue weighted by molar-refractivity contribution is 5.97. The summed E-state index contributed by atoms with van der Waals surface area (Å²) in [5.74, 6) is -0.623. The number of benzene rings is 3. The average Bonchev–Trinajstić information content (AvgIpc) is 2.82. The van der Waals surface area contributed by atoms with Crippen LogP contribution in [-0.4, -0.2) is 23.8 Å². The van der Waals surface area contributed by atoms with E-state index in [1.807, 2.05) is 48.5 Å². The molecule has 0 fully saturated rings. The second-order valence-corrected chi connectivity index (χ2v) is 8.27. The SMILES string of the molecule is CC(C)(OC(=O)[C@H](CCC(N)=O)NC(=O)c1cccc(Oc2ccccc2)c1)c1ccccc1. The molecule has 2 amide bonds. The van der Waals surface area contributed by atoms with E-state index in [1.54, 1.807) is 50.2 Å². The molecule has 176 valence electrons. The fraction of sp³-hybridized carbons (Fsp3) is 0.222. The Morgan fingerprint density at radius 2 is 1.50 bits per heavy atom. The Morgan fingerprint density at radius 1 is 0.882 bits per heavy atom. The molecule has 3 aromatic rings. The van der Waals surface area contributed by atoms with Gasteiger partial charge in [-0.1, -0.05) is 54.6 Å². The van der Waals surface area contributed by atoms with Crippen molar-refractivity contribution in [3.63, 3.8) is 0 Å². The van der Waals surface area contributed by atoms with Crippen molar-refractivity contribution < 1.29 is 23.9 Å². The zero-order valence-corrected chi connectivity index (χ0v) is 19.2. The van der Waals surface area contributed by atoms with Crippen LogP contribution in [-0.2, 0) is 19.9 Å². The predicted octanol–water partition coefficient (Wildman–Crippen LogP) is 4.32. The maximum absolute atomic E-state index is 13.0. The van der Waals surface area contributed by atoms with Crippen LogP contribution in [0.3, 0.4) is 0 Å². The lowest BCUT2D eigenvalue weighted by atomic mass is 9.98. The highest BCUT2D eigenvalue weighted by Crippen LogP contribution is 2.26. The normalized spacial score (nSPS) is 11.8. The molecule has 0 radical (unpaired) electrons. The zero-order chi connectivity index (χ0) is 24.6. The Balaban J connectivity index is 1.73. The van der Waals surface area contributed by atoms with Gasteiger partial charge in [0.15, 0.2) is 0 Å². The number of ether oxygens (including phenoxy) is 2. The number of para-hydroxylation sites is 1. The van der Waals surface area contributed by atoms with E-state index in [0.29, 0.717) is 17.1 Å². The number of amides is 2. The standard InChI is InChI=1S/C27H28N2O5/c1-27(2,20-11-5-3-6-12-20)34-26(32)23(16-17-24(28)30)29-25(31)19-10-9-15-22(18-19)33-21-13-7-4-8-14-21/h3-15,18,23H,16-17H2,1-2H3,(H2,28,30)(H,29,31)/t23-/m0/s1. The van der Waals surface area contributed by atoms with Gasteiger partial charge in [0, 0.05) is 12.0 Å². The average molecular weight is 461 g/mol. The van der Waals surface area contributed by atoms with E-state index in [4.69, 9.17) is 15.2 Å². The molecule has 0 aliphatic carbocycles. The van der Waals surface area contributed by atoms with Gasteiger partial charge in [-0.25, -0.2) is 4.79 Å². The summed E-state index contributed by atoms with van der Waals surface area (Å²) in [4.78, 5) is 37.3. The molecule has 0 spiro atoms. The minimum absolute atomic E-state index is 0.0188. The van der Waals surface area contributed by atoms with Gasteiger partial charge >= 0.3 is 5.97 Å². The molecule has 0 unspecified atom stereocenters. The van der Waals surface area contributed by atoms with Crippen LogP contribution >= 0.6 is 0 Å². The Kier molecular flexibility index (Phi) is 8.03. The number of carbonyl (C=O) groups excluding carboxylic acids is 3. The smallest absolute Gasteiger partial charge is 0.329 e. The maximum atomic E-state index is 13.0. The molecule has 7 heteroatoms. The largest absolute Gasteiger partial charge is 0.457 e. The summed E-state index contributed by atoms with van der Waals surface area (Å²) in [5, 5.41) is 2.68. The van der Waals surface area contributed by atoms with Crippen molar-refractivity contribution in [1.29, 1.82) is 0 Å². The number of esters is 1. The van der Waals surface area contributed by atoms with Gasteiger partial charge < -0.3 is 20.5 Å². The quantitative estimate of drug-likeness (QED) is 0.438. The van der Waals surface area contributed by atoms with Crippen LogP contribution in [0, 0.1) is 0 Å².